The summed E-state index contributed by atoms with van der Waals surface area (Å²) in [5, 5.41) is 16.9. The van der Waals surface area contributed by atoms with Crippen LogP contribution in [0.1, 0.15) is 36.0 Å². The monoisotopic (exact) mass is 489 g/mol. The Morgan fingerprint density at radius 1 is 1.05 bits per heavy atom. The van der Waals surface area contributed by atoms with Crippen LogP contribution in [-0.4, -0.2) is 25.9 Å². The molecule has 2 aliphatic rings. The van der Waals surface area contributed by atoms with Gasteiger partial charge < -0.3 is 0 Å². The lowest BCUT2D eigenvalue weighted by atomic mass is 9.54. The predicted molar refractivity (Wildman–Crippen MR) is 137 cm³/mol. The van der Waals surface area contributed by atoms with E-state index in [2.05, 4.69) is 16.3 Å². The smallest absolute Gasteiger partial charge is 0.176 e. The average Bonchev–Trinajstić information content (AvgIpc) is 3.46. The number of hydrogen-bond acceptors (Lipinski definition) is 5. The molecule has 6 nitrogen and oxygen atoms in total. The Bertz CT molecular complexity index is 1580. The lowest BCUT2D eigenvalue weighted by molar-refractivity contribution is -0.121. The fraction of sp³-hybridized carbons (Fsp3) is 0.233. The highest BCUT2D eigenvalue weighted by Crippen LogP contribution is 2.54. The highest BCUT2D eigenvalue weighted by atomic mass is 19.1. The summed E-state index contributed by atoms with van der Waals surface area (Å²) in [5.41, 5.74) is 5.66. The molecule has 0 radical (unpaired) electrons. The molecule has 0 bridgehead atoms. The van der Waals surface area contributed by atoms with Crippen LogP contribution in [-0.2, 0) is 16.6 Å². The van der Waals surface area contributed by atoms with E-state index in [1.165, 1.54) is 12.1 Å². The van der Waals surface area contributed by atoms with Crippen LogP contribution >= 0.6 is 0 Å². The summed E-state index contributed by atoms with van der Waals surface area (Å²) in [6.07, 6.45) is 4.92. The van der Waals surface area contributed by atoms with Gasteiger partial charge in [0.2, 0.25) is 0 Å². The lowest BCUT2D eigenvalue weighted by Crippen LogP contribution is -2.48. The fourth-order valence-corrected chi connectivity index (χ4v) is 6.13. The third-order valence-electron chi connectivity index (χ3n) is 7.87. The van der Waals surface area contributed by atoms with Crippen molar-refractivity contribution in [3.8, 4) is 28.6 Å². The number of aromatic nitrogens is 4. The molecule has 0 spiro atoms. The van der Waals surface area contributed by atoms with Crippen LogP contribution in [0.3, 0.4) is 0 Å². The van der Waals surface area contributed by atoms with E-state index in [-0.39, 0.29) is 29.0 Å². The summed E-state index contributed by atoms with van der Waals surface area (Å²) in [5.74, 6) is -0.363. The zero-order chi connectivity index (χ0) is 25.7. The van der Waals surface area contributed by atoms with E-state index in [1.54, 1.807) is 24.4 Å². The minimum Gasteiger partial charge on any atom is -0.293 e. The number of allylic oxidation sites excluding steroid dienone is 2. The Hall–Kier alpha value is -4.44. The summed E-state index contributed by atoms with van der Waals surface area (Å²) in [6.45, 7) is 3.75. The highest BCUT2D eigenvalue weighted by Gasteiger charge is 2.53. The molecule has 1 N–H and O–H groups in total. The minimum atomic E-state index is -0.835. The zero-order valence-electron chi connectivity index (χ0n) is 20.5. The van der Waals surface area contributed by atoms with Gasteiger partial charge in [-0.25, -0.2) is 14.4 Å². The fourth-order valence-electron chi connectivity index (χ4n) is 6.13. The average molecular weight is 490 g/mol. The van der Waals surface area contributed by atoms with Crippen LogP contribution in [0.15, 0.2) is 72.4 Å². The SMILES string of the molecule is Cc1nc(-c2ccc(-c3ccn[nH]3)cc2)c2c(n1)[C@@]1(c3ccc(F)cc3)C=C(C#N)C(=O)[C@@H](C)[C@@H]1CC2. The molecular formula is C30H24FN5O. The maximum atomic E-state index is 14.0. The second kappa shape index (κ2) is 8.59. The molecular weight excluding hydrogens is 465 g/mol. The molecule has 37 heavy (non-hydrogen) atoms. The van der Waals surface area contributed by atoms with Crippen molar-refractivity contribution >= 4 is 5.78 Å². The number of hydrogen-bond donors (Lipinski definition) is 1. The van der Waals surface area contributed by atoms with E-state index in [4.69, 9.17) is 9.97 Å². The quantitative estimate of drug-likeness (QED) is 0.410. The van der Waals surface area contributed by atoms with Crippen molar-refractivity contribution in [2.45, 2.75) is 32.1 Å². The first-order valence-electron chi connectivity index (χ1n) is 12.3. The Kier molecular flexibility index (Phi) is 5.34. The molecule has 0 unspecified atom stereocenters. The van der Waals surface area contributed by atoms with Gasteiger partial charge in [-0.1, -0.05) is 43.3 Å². The zero-order valence-corrected chi connectivity index (χ0v) is 20.5. The number of ketones is 1. The Balaban J connectivity index is 1.60. The van der Waals surface area contributed by atoms with Gasteiger partial charge in [-0.2, -0.15) is 10.4 Å². The standard InChI is InChI=1S/C30H24FN5O/c1-17-25-12-11-24-27(20-5-3-19(4-6-20)26-13-14-33-36-26)34-18(2)35-29(24)30(25,15-21(16-32)28(17)37)22-7-9-23(31)10-8-22/h3-10,13-15,17,25H,11-12H2,1-2H3,(H,33,36)/t17-,25-,30+/m0/s1. The van der Waals surface area contributed by atoms with Crippen molar-refractivity contribution in [1.29, 1.82) is 5.26 Å². The number of halogens is 1. The molecule has 6 rings (SSSR count). The van der Waals surface area contributed by atoms with Crippen LogP contribution in [0.25, 0.3) is 22.5 Å². The van der Waals surface area contributed by atoms with Gasteiger partial charge in [0.1, 0.15) is 17.7 Å². The number of nitrogens with zero attached hydrogens (tertiary/aromatic N) is 4. The molecule has 0 saturated heterocycles. The maximum Gasteiger partial charge on any atom is 0.176 e. The van der Waals surface area contributed by atoms with E-state index in [0.717, 1.165) is 45.8 Å². The van der Waals surface area contributed by atoms with Gasteiger partial charge in [0.15, 0.2) is 5.78 Å². The normalized spacial score (nSPS) is 22.5. The maximum absolute atomic E-state index is 14.0. The Morgan fingerprint density at radius 3 is 2.46 bits per heavy atom. The van der Waals surface area contributed by atoms with Gasteiger partial charge in [-0.15, -0.1) is 0 Å². The van der Waals surface area contributed by atoms with Gasteiger partial charge in [-0.3, -0.25) is 9.89 Å². The van der Waals surface area contributed by atoms with Gasteiger partial charge in [0.05, 0.1) is 28.1 Å². The van der Waals surface area contributed by atoms with Crippen molar-refractivity contribution in [3.63, 3.8) is 0 Å². The van der Waals surface area contributed by atoms with E-state index in [0.29, 0.717) is 12.2 Å². The number of aryl methyl sites for hydroxylation is 1. The van der Waals surface area contributed by atoms with Gasteiger partial charge in [0.25, 0.3) is 0 Å². The Labute approximate surface area is 213 Å². The first kappa shape index (κ1) is 23.0. The van der Waals surface area contributed by atoms with Crippen LogP contribution in [0, 0.1) is 35.9 Å². The summed E-state index contributed by atoms with van der Waals surface area (Å²) in [4.78, 5) is 22.9. The van der Waals surface area contributed by atoms with Crippen molar-refractivity contribution in [2.75, 3.05) is 0 Å². The Morgan fingerprint density at radius 2 is 1.78 bits per heavy atom. The number of benzene rings is 2. The predicted octanol–water partition coefficient (Wildman–Crippen LogP) is 5.50. The van der Waals surface area contributed by atoms with Crippen LogP contribution in [0.2, 0.25) is 0 Å². The molecule has 2 aromatic heterocycles. The molecule has 0 saturated carbocycles. The number of Topliss-reactive ketones (excluding diaryl/α,β-unsaturated/α-hetero) is 1. The number of nitriles is 1. The molecule has 7 heteroatoms. The molecule has 182 valence electrons. The number of carbonyl (C=O) groups excluding carboxylic acids is 1. The van der Waals surface area contributed by atoms with E-state index in [9.17, 15) is 14.4 Å². The number of aromatic amines is 1. The first-order valence-corrected chi connectivity index (χ1v) is 12.3. The lowest BCUT2D eigenvalue weighted by Gasteiger charge is -2.48. The summed E-state index contributed by atoms with van der Waals surface area (Å²) in [6, 6.07) is 18.5. The molecule has 0 amide bonds. The van der Waals surface area contributed by atoms with Gasteiger partial charge in [0, 0.05) is 23.2 Å². The summed E-state index contributed by atoms with van der Waals surface area (Å²) >= 11 is 0. The largest absolute Gasteiger partial charge is 0.293 e. The van der Waals surface area contributed by atoms with Crippen molar-refractivity contribution in [3.05, 3.63) is 101 Å². The van der Waals surface area contributed by atoms with E-state index in [1.807, 2.05) is 44.2 Å². The summed E-state index contributed by atoms with van der Waals surface area (Å²) < 4.78 is 14.0. The topological polar surface area (TPSA) is 95.3 Å². The molecule has 3 atom stereocenters. The number of H-pyrrole nitrogens is 1. The number of rotatable bonds is 3. The minimum absolute atomic E-state index is 0.111. The number of nitrogens with one attached hydrogen (secondary N) is 1. The number of carbonyl (C=O) groups is 1. The van der Waals surface area contributed by atoms with Crippen LogP contribution < -0.4 is 0 Å². The van der Waals surface area contributed by atoms with Gasteiger partial charge >= 0.3 is 0 Å². The van der Waals surface area contributed by atoms with Crippen LogP contribution in [0.4, 0.5) is 4.39 Å². The van der Waals surface area contributed by atoms with E-state index < -0.39 is 5.41 Å². The van der Waals surface area contributed by atoms with Crippen molar-refractivity contribution < 1.29 is 9.18 Å². The third kappa shape index (κ3) is 3.52. The molecule has 0 aliphatic heterocycles. The van der Waals surface area contributed by atoms with E-state index >= 15 is 0 Å². The molecule has 0 fully saturated rings. The van der Waals surface area contributed by atoms with Crippen molar-refractivity contribution in [2.24, 2.45) is 11.8 Å². The third-order valence-corrected chi connectivity index (χ3v) is 7.87. The summed E-state index contributed by atoms with van der Waals surface area (Å²) in [7, 11) is 0. The second-order valence-corrected chi connectivity index (χ2v) is 9.84. The molecule has 2 aliphatic carbocycles. The van der Waals surface area contributed by atoms with Gasteiger partial charge in [-0.05, 0) is 61.1 Å². The first-order chi connectivity index (χ1) is 17.9. The number of fused-ring (bicyclic) bond motifs is 3. The molecule has 4 aromatic rings. The van der Waals surface area contributed by atoms with Crippen LogP contribution in [0.5, 0.6) is 0 Å². The molecule has 2 heterocycles. The van der Waals surface area contributed by atoms with Crippen molar-refractivity contribution in [1.82, 2.24) is 20.2 Å². The highest BCUT2D eigenvalue weighted by molar-refractivity contribution is 6.02. The second-order valence-electron chi connectivity index (χ2n) is 9.84. The molecule has 2 aromatic carbocycles.